The van der Waals surface area contributed by atoms with Crippen molar-refractivity contribution in [3.8, 4) is 0 Å². The molecule has 1 aliphatic heterocycles. The first-order valence-corrected chi connectivity index (χ1v) is 6.41. The summed E-state index contributed by atoms with van der Waals surface area (Å²) in [5.74, 6) is 0.641. The van der Waals surface area contributed by atoms with Crippen molar-refractivity contribution in [2.45, 2.75) is 25.9 Å². The predicted octanol–water partition coefficient (Wildman–Crippen LogP) is 0.576. The molecule has 1 fully saturated rings. The Balaban J connectivity index is 2.11. The average molecular weight is 265 g/mol. The van der Waals surface area contributed by atoms with Gasteiger partial charge in [0.2, 0.25) is 0 Å². The van der Waals surface area contributed by atoms with Crippen LogP contribution in [0.4, 0.5) is 5.82 Å². The molecule has 2 rings (SSSR count). The van der Waals surface area contributed by atoms with Crippen LogP contribution in [-0.2, 0) is 4.74 Å². The largest absolute Gasteiger partial charge is 0.409 e. The molecule has 1 aromatic heterocycles. The maximum atomic E-state index is 8.78. The molecule has 0 amide bonds. The summed E-state index contributed by atoms with van der Waals surface area (Å²) in [6, 6.07) is 0. The Morgan fingerprint density at radius 3 is 2.79 bits per heavy atom. The molecular weight excluding hydrogens is 246 g/mol. The van der Waals surface area contributed by atoms with Gasteiger partial charge in [0.05, 0.1) is 6.10 Å². The van der Waals surface area contributed by atoms with Crippen LogP contribution in [0.5, 0.6) is 0 Å². The monoisotopic (exact) mass is 265 g/mol. The van der Waals surface area contributed by atoms with Gasteiger partial charge in [-0.05, 0) is 19.8 Å². The van der Waals surface area contributed by atoms with E-state index in [1.807, 2.05) is 6.92 Å². The number of oxime groups is 1. The molecule has 0 atom stereocenters. The van der Waals surface area contributed by atoms with Crippen LogP contribution in [0.15, 0.2) is 17.5 Å². The highest BCUT2D eigenvalue weighted by Crippen LogP contribution is 2.21. The van der Waals surface area contributed by atoms with Crippen LogP contribution in [0, 0.1) is 0 Å². The quantitative estimate of drug-likeness (QED) is 0.358. The Morgan fingerprint density at radius 1 is 1.47 bits per heavy atom. The second-order valence-corrected chi connectivity index (χ2v) is 4.36. The summed E-state index contributed by atoms with van der Waals surface area (Å²) in [4.78, 5) is 10.5. The topological polar surface area (TPSA) is 96.9 Å². The van der Waals surface area contributed by atoms with Crippen molar-refractivity contribution < 1.29 is 9.94 Å². The number of amidine groups is 1. The summed E-state index contributed by atoms with van der Waals surface area (Å²) in [5, 5.41) is 11.8. The fourth-order valence-corrected chi connectivity index (χ4v) is 2.26. The van der Waals surface area contributed by atoms with Crippen molar-refractivity contribution in [1.29, 1.82) is 0 Å². The van der Waals surface area contributed by atoms with E-state index in [1.165, 1.54) is 6.20 Å². The minimum absolute atomic E-state index is 0.0185. The van der Waals surface area contributed by atoms with E-state index in [0.717, 1.165) is 32.5 Å². The van der Waals surface area contributed by atoms with Crippen molar-refractivity contribution in [1.82, 2.24) is 9.97 Å². The summed E-state index contributed by atoms with van der Waals surface area (Å²) in [6.45, 7) is 4.40. The van der Waals surface area contributed by atoms with Gasteiger partial charge < -0.3 is 20.6 Å². The molecule has 3 N–H and O–H groups in total. The summed E-state index contributed by atoms with van der Waals surface area (Å²) in [5.41, 5.74) is 6.04. The summed E-state index contributed by atoms with van der Waals surface area (Å²) in [6.07, 6.45) is 5.34. The van der Waals surface area contributed by atoms with E-state index < -0.39 is 0 Å². The summed E-state index contributed by atoms with van der Waals surface area (Å²) in [7, 11) is 0. The van der Waals surface area contributed by atoms with Gasteiger partial charge in [-0.15, -0.1) is 0 Å². The lowest BCUT2D eigenvalue weighted by atomic mass is 10.1. The first-order chi connectivity index (χ1) is 9.26. The van der Waals surface area contributed by atoms with E-state index in [0.29, 0.717) is 17.6 Å². The molecule has 0 spiro atoms. The molecule has 1 saturated heterocycles. The van der Waals surface area contributed by atoms with Crippen LogP contribution in [-0.4, -0.2) is 46.8 Å². The van der Waals surface area contributed by atoms with Gasteiger partial charge in [0.15, 0.2) is 17.3 Å². The normalized spacial score (nSPS) is 17.7. The van der Waals surface area contributed by atoms with E-state index in [1.54, 1.807) is 6.20 Å². The summed E-state index contributed by atoms with van der Waals surface area (Å²) >= 11 is 0. The zero-order valence-corrected chi connectivity index (χ0v) is 11.0. The zero-order valence-electron chi connectivity index (χ0n) is 11.0. The van der Waals surface area contributed by atoms with Gasteiger partial charge in [0, 0.05) is 32.1 Å². The van der Waals surface area contributed by atoms with E-state index in [9.17, 15) is 0 Å². The lowest BCUT2D eigenvalue weighted by Gasteiger charge is -2.33. The number of nitrogens with two attached hydrogens (primary N) is 1. The second-order valence-electron chi connectivity index (χ2n) is 4.36. The van der Waals surface area contributed by atoms with E-state index in [2.05, 4.69) is 20.0 Å². The van der Waals surface area contributed by atoms with Gasteiger partial charge in [-0.1, -0.05) is 5.16 Å². The first kappa shape index (κ1) is 13.5. The third-order valence-corrected chi connectivity index (χ3v) is 3.17. The number of anilines is 1. The van der Waals surface area contributed by atoms with E-state index in [-0.39, 0.29) is 5.84 Å². The van der Waals surface area contributed by atoms with Gasteiger partial charge in [-0.2, -0.15) is 0 Å². The highest BCUT2D eigenvalue weighted by Gasteiger charge is 2.23. The molecule has 0 aromatic carbocycles. The number of nitrogens with zero attached hydrogens (tertiary/aromatic N) is 4. The smallest absolute Gasteiger partial charge is 0.192 e. The van der Waals surface area contributed by atoms with Crippen LogP contribution in [0.25, 0.3) is 0 Å². The molecule has 0 radical (unpaired) electrons. The van der Waals surface area contributed by atoms with Crippen LogP contribution >= 0.6 is 0 Å². The Morgan fingerprint density at radius 2 is 2.16 bits per heavy atom. The van der Waals surface area contributed by atoms with Crippen molar-refractivity contribution in [3.05, 3.63) is 18.1 Å². The van der Waals surface area contributed by atoms with Crippen LogP contribution in [0.2, 0.25) is 0 Å². The Kier molecular flexibility index (Phi) is 4.51. The summed E-state index contributed by atoms with van der Waals surface area (Å²) < 4.78 is 5.61. The number of ether oxygens (including phenoxy) is 1. The Labute approximate surface area is 112 Å². The van der Waals surface area contributed by atoms with E-state index >= 15 is 0 Å². The van der Waals surface area contributed by atoms with Crippen molar-refractivity contribution in [2.75, 3.05) is 24.6 Å². The van der Waals surface area contributed by atoms with Crippen molar-refractivity contribution in [2.24, 2.45) is 10.9 Å². The molecule has 0 unspecified atom stereocenters. The number of hydrogen-bond donors (Lipinski definition) is 2. The zero-order chi connectivity index (χ0) is 13.7. The highest BCUT2D eigenvalue weighted by atomic mass is 16.5. The van der Waals surface area contributed by atoms with Crippen molar-refractivity contribution in [3.63, 3.8) is 0 Å². The molecular formula is C12H19N5O2. The number of aromatic nitrogens is 2. The second kappa shape index (κ2) is 6.33. The molecule has 0 saturated carbocycles. The lowest BCUT2D eigenvalue weighted by Crippen LogP contribution is -2.39. The molecule has 1 aliphatic rings. The molecule has 7 heteroatoms. The Bertz CT molecular complexity index is 444. The van der Waals surface area contributed by atoms with Crippen LogP contribution in [0.1, 0.15) is 25.5 Å². The molecule has 0 bridgehead atoms. The van der Waals surface area contributed by atoms with Gasteiger partial charge in [-0.3, -0.25) is 0 Å². The van der Waals surface area contributed by atoms with Gasteiger partial charge in [0.1, 0.15) is 0 Å². The number of piperidine rings is 1. The standard InChI is InChI=1S/C12H19N5O2/c1-2-19-9-3-7-17(8-4-9)12-10(11(13)16-18)14-5-6-15-12/h5-6,9,18H,2-4,7-8H2,1H3,(H2,13,16). The third-order valence-electron chi connectivity index (χ3n) is 3.17. The predicted molar refractivity (Wildman–Crippen MR) is 71.4 cm³/mol. The third kappa shape index (κ3) is 3.11. The number of hydrogen-bond acceptors (Lipinski definition) is 6. The highest BCUT2D eigenvalue weighted by molar-refractivity contribution is 5.99. The maximum absolute atomic E-state index is 8.78. The SMILES string of the molecule is CCOC1CCN(c2nccnc2C(N)=NO)CC1. The van der Waals surface area contributed by atoms with Crippen molar-refractivity contribution >= 4 is 11.7 Å². The average Bonchev–Trinajstić information content (AvgIpc) is 2.47. The molecule has 0 aliphatic carbocycles. The molecule has 104 valence electrons. The molecule has 7 nitrogen and oxygen atoms in total. The van der Waals surface area contributed by atoms with Gasteiger partial charge in [0.25, 0.3) is 0 Å². The van der Waals surface area contributed by atoms with Crippen LogP contribution < -0.4 is 10.6 Å². The number of rotatable bonds is 4. The fraction of sp³-hybridized carbons (Fsp3) is 0.583. The Hall–Kier alpha value is -1.89. The lowest BCUT2D eigenvalue weighted by molar-refractivity contribution is 0.0458. The van der Waals surface area contributed by atoms with Gasteiger partial charge in [-0.25, -0.2) is 9.97 Å². The van der Waals surface area contributed by atoms with Gasteiger partial charge >= 0.3 is 0 Å². The minimum Gasteiger partial charge on any atom is -0.409 e. The first-order valence-electron chi connectivity index (χ1n) is 6.41. The molecule has 1 aromatic rings. The van der Waals surface area contributed by atoms with E-state index in [4.69, 9.17) is 15.7 Å². The molecule has 2 heterocycles. The minimum atomic E-state index is -0.0185. The maximum Gasteiger partial charge on any atom is 0.192 e. The molecule has 19 heavy (non-hydrogen) atoms. The van der Waals surface area contributed by atoms with Crippen LogP contribution in [0.3, 0.4) is 0 Å². The fourth-order valence-electron chi connectivity index (χ4n) is 2.26.